The zero-order chi connectivity index (χ0) is 13.5. The summed E-state index contributed by atoms with van der Waals surface area (Å²) in [6.45, 7) is 7.27. The number of primary amides is 1. The third-order valence-corrected chi connectivity index (χ3v) is 3.23. The Balaban J connectivity index is 2.43. The number of hydrogen-bond donors (Lipinski definition) is 3. The Morgan fingerprint density at radius 1 is 1.50 bits per heavy atom. The van der Waals surface area contributed by atoms with Gasteiger partial charge in [0.15, 0.2) is 0 Å². The van der Waals surface area contributed by atoms with Gasteiger partial charge < -0.3 is 11.1 Å². The number of nitrogens with one attached hydrogen (secondary N) is 2. The molecule has 0 aromatic heterocycles. The molecule has 1 fully saturated rings. The number of nitrogens with zero attached hydrogens (tertiary/aromatic N) is 1. The highest BCUT2D eigenvalue weighted by Crippen LogP contribution is 2.13. The average Bonchev–Trinajstić information content (AvgIpc) is 2.28. The summed E-state index contributed by atoms with van der Waals surface area (Å²) in [5.41, 5.74) is 4.93. The lowest BCUT2D eigenvalue weighted by molar-refractivity contribution is -0.121. The molecular weight excluding hydrogens is 232 g/mol. The van der Waals surface area contributed by atoms with Crippen LogP contribution >= 0.6 is 0 Å². The number of carbonyl (C=O) groups excluding carboxylic acids is 2. The lowest BCUT2D eigenvalue weighted by Gasteiger charge is -2.32. The molecule has 1 unspecified atom stereocenters. The van der Waals surface area contributed by atoms with Crippen LogP contribution in [0.25, 0.3) is 0 Å². The van der Waals surface area contributed by atoms with Crippen LogP contribution in [0.2, 0.25) is 0 Å². The second-order valence-electron chi connectivity index (χ2n) is 5.15. The van der Waals surface area contributed by atoms with E-state index in [0.29, 0.717) is 5.92 Å². The minimum Gasteiger partial charge on any atom is -0.351 e. The Bertz CT molecular complexity index is 288. The molecule has 0 aliphatic carbocycles. The average molecular weight is 256 g/mol. The van der Waals surface area contributed by atoms with Gasteiger partial charge in [0.1, 0.15) is 0 Å². The number of piperidine rings is 1. The summed E-state index contributed by atoms with van der Waals surface area (Å²) in [7, 11) is 0. The van der Waals surface area contributed by atoms with E-state index >= 15 is 0 Å². The van der Waals surface area contributed by atoms with Crippen molar-refractivity contribution in [2.24, 2.45) is 11.7 Å². The highest BCUT2D eigenvalue weighted by molar-refractivity contribution is 5.94. The van der Waals surface area contributed by atoms with Gasteiger partial charge in [0.05, 0.1) is 6.54 Å². The predicted molar refractivity (Wildman–Crippen MR) is 70.0 cm³/mol. The lowest BCUT2D eigenvalue weighted by Crippen LogP contribution is -2.47. The van der Waals surface area contributed by atoms with Crippen LogP contribution in [-0.4, -0.2) is 49.1 Å². The fourth-order valence-electron chi connectivity index (χ4n) is 2.23. The van der Waals surface area contributed by atoms with Gasteiger partial charge in [-0.15, -0.1) is 0 Å². The standard InChI is InChI=1S/C12H24N4O2/c1-9(2)16(8-11(17)15-12(13)18)7-10-4-3-5-14-6-10/h9-10,14H,3-8H2,1-2H3,(H3,13,15,17,18). The van der Waals surface area contributed by atoms with E-state index in [1.807, 2.05) is 13.8 Å². The Morgan fingerprint density at radius 3 is 2.72 bits per heavy atom. The van der Waals surface area contributed by atoms with Crippen molar-refractivity contribution in [2.75, 3.05) is 26.2 Å². The fraction of sp³-hybridized carbons (Fsp3) is 0.833. The first kappa shape index (κ1) is 14.9. The quantitative estimate of drug-likeness (QED) is 0.640. The number of imide groups is 1. The Kier molecular flexibility index (Phi) is 6.07. The molecule has 1 heterocycles. The van der Waals surface area contributed by atoms with E-state index in [1.165, 1.54) is 12.8 Å². The molecule has 18 heavy (non-hydrogen) atoms. The highest BCUT2D eigenvalue weighted by Gasteiger charge is 2.21. The van der Waals surface area contributed by atoms with Gasteiger partial charge in [0.2, 0.25) is 5.91 Å². The summed E-state index contributed by atoms with van der Waals surface area (Å²) in [6.07, 6.45) is 2.37. The molecule has 104 valence electrons. The maximum absolute atomic E-state index is 11.5. The second-order valence-corrected chi connectivity index (χ2v) is 5.15. The van der Waals surface area contributed by atoms with Crippen LogP contribution in [0.3, 0.4) is 0 Å². The van der Waals surface area contributed by atoms with Gasteiger partial charge in [-0.1, -0.05) is 0 Å². The maximum Gasteiger partial charge on any atom is 0.318 e. The van der Waals surface area contributed by atoms with Gasteiger partial charge in [-0.2, -0.15) is 0 Å². The normalized spacial score (nSPS) is 20.1. The van der Waals surface area contributed by atoms with Crippen LogP contribution in [0.1, 0.15) is 26.7 Å². The van der Waals surface area contributed by atoms with E-state index in [9.17, 15) is 9.59 Å². The van der Waals surface area contributed by atoms with Crippen LogP contribution in [0.5, 0.6) is 0 Å². The molecule has 4 N–H and O–H groups in total. The Hall–Kier alpha value is -1.14. The largest absolute Gasteiger partial charge is 0.351 e. The molecule has 0 saturated carbocycles. The smallest absolute Gasteiger partial charge is 0.318 e. The van der Waals surface area contributed by atoms with Gasteiger partial charge in [0, 0.05) is 12.6 Å². The van der Waals surface area contributed by atoms with Crippen molar-refractivity contribution < 1.29 is 9.59 Å². The predicted octanol–water partition coefficient (Wildman–Crippen LogP) is -0.109. The first-order chi connectivity index (χ1) is 8.49. The van der Waals surface area contributed by atoms with Crippen LogP contribution in [0.4, 0.5) is 4.79 Å². The van der Waals surface area contributed by atoms with Gasteiger partial charge >= 0.3 is 6.03 Å². The molecule has 1 saturated heterocycles. The number of nitrogens with two attached hydrogens (primary N) is 1. The van der Waals surface area contributed by atoms with Crippen molar-refractivity contribution in [1.29, 1.82) is 0 Å². The van der Waals surface area contributed by atoms with Crippen LogP contribution in [0, 0.1) is 5.92 Å². The van der Waals surface area contributed by atoms with Crippen molar-refractivity contribution in [1.82, 2.24) is 15.5 Å². The maximum atomic E-state index is 11.5. The second kappa shape index (κ2) is 7.33. The molecule has 1 rings (SSSR count). The van der Waals surface area contributed by atoms with Crippen molar-refractivity contribution in [3.63, 3.8) is 0 Å². The summed E-state index contributed by atoms with van der Waals surface area (Å²) >= 11 is 0. The van der Waals surface area contributed by atoms with Gasteiger partial charge in [-0.25, -0.2) is 4.79 Å². The van der Waals surface area contributed by atoms with Crippen molar-refractivity contribution >= 4 is 11.9 Å². The van der Waals surface area contributed by atoms with Crippen molar-refractivity contribution in [3.05, 3.63) is 0 Å². The first-order valence-electron chi connectivity index (χ1n) is 6.53. The lowest BCUT2D eigenvalue weighted by atomic mass is 9.98. The first-order valence-corrected chi connectivity index (χ1v) is 6.53. The number of hydrogen-bond acceptors (Lipinski definition) is 4. The van der Waals surface area contributed by atoms with Gasteiger partial charge in [-0.3, -0.25) is 15.0 Å². The van der Waals surface area contributed by atoms with Crippen LogP contribution < -0.4 is 16.4 Å². The summed E-state index contributed by atoms with van der Waals surface area (Å²) in [4.78, 5) is 24.2. The van der Waals surface area contributed by atoms with E-state index in [4.69, 9.17) is 5.73 Å². The van der Waals surface area contributed by atoms with E-state index in [2.05, 4.69) is 15.5 Å². The molecule has 6 heteroatoms. The fourth-order valence-corrected chi connectivity index (χ4v) is 2.23. The van der Waals surface area contributed by atoms with Gasteiger partial charge in [0.25, 0.3) is 0 Å². The summed E-state index contributed by atoms with van der Waals surface area (Å²) in [5, 5.41) is 5.47. The number of urea groups is 1. The zero-order valence-electron chi connectivity index (χ0n) is 11.2. The van der Waals surface area contributed by atoms with E-state index in [-0.39, 0.29) is 18.5 Å². The molecule has 0 radical (unpaired) electrons. The third kappa shape index (κ3) is 5.46. The highest BCUT2D eigenvalue weighted by atomic mass is 16.2. The number of rotatable bonds is 5. The number of carbonyl (C=O) groups is 2. The van der Waals surface area contributed by atoms with E-state index < -0.39 is 6.03 Å². The molecule has 0 aromatic rings. The van der Waals surface area contributed by atoms with Gasteiger partial charge in [-0.05, 0) is 45.7 Å². The van der Waals surface area contributed by atoms with Crippen molar-refractivity contribution in [3.8, 4) is 0 Å². The molecule has 1 aliphatic rings. The molecule has 0 bridgehead atoms. The molecule has 0 aromatic carbocycles. The molecule has 6 nitrogen and oxygen atoms in total. The Labute approximate surface area is 108 Å². The topological polar surface area (TPSA) is 87.5 Å². The van der Waals surface area contributed by atoms with Crippen LogP contribution in [-0.2, 0) is 4.79 Å². The minimum atomic E-state index is -0.789. The van der Waals surface area contributed by atoms with E-state index in [1.54, 1.807) is 0 Å². The SMILES string of the molecule is CC(C)N(CC(=O)NC(N)=O)CC1CCCNC1. The molecule has 1 atom stereocenters. The summed E-state index contributed by atoms with van der Waals surface area (Å²) < 4.78 is 0. The van der Waals surface area contributed by atoms with Crippen molar-refractivity contribution in [2.45, 2.75) is 32.7 Å². The number of amides is 3. The zero-order valence-corrected chi connectivity index (χ0v) is 11.2. The molecule has 3 amide bonds. The Morgan fingerprint density at radius 2 is 2.22 bits per heavy atom. The summed E-state index contributed by atoms with van der Waals surface area (Å²) in [5.74, 6) is 0.238. The molecular formula is C12H24N4O2. The molecule has 1 aliphatic heterocycles. The van der Waals surface area contributed by atoms with E-state index in [0.717, 1.165) is 19.6 Å². The minimum absolute atomic E-state index is 0.219. The monoisotopic (exact) mass is 256 g/mol. The third-order valence-electron chi connectivity index (χ3n) is 3.23. The molecule has 0 spiro atoms. The van der Waals surface area contributed by atoms with Crippen LogP contribution in [0.15, 0.2) is 0 Å². The summed E-state index contributed by atoms with van der Waals surface area (Å²) in [6, 6.07) is -0.520.